The molecule has 0 radical (unpaired) electrons. The number of likely N-dealkylation sites (N-methyl/N-ethyl adjacent to an activating group) is 1. The molecule has 0 unspecified atom stereocenters. The second kappa shape index (κ2) is 6.37. The average Bonchev–Trinajstić information content (AvgIpc) is 2.76. The first-order valence-electron chi connectivity index (χ1n) is 7.49. The van der Waals surface area contributed by atoms with Crippen molar-refractivity contribution in [1.29, 1.82) is 0 Å². The predicted octanol–water partition coefficient (Wildman–Crippen LogP) is 1.13. The van der Waals surface area contributed by atoms with Crippen LogP contribution in [0.25, 0.3) is 0 Å². The van der Waals surface area contributed by atoms with E-state index in [4.69, 9.17) is 0 Å². The minimum Gasteiger partial charge on any atom is -0.391 e. The van der Waals surface area contributed by atoms with Crippen LogP contribution in [0.1, 0.15) is 34.6 Å². The zero-order valence-corrected chi connectivity index (χ0v) is 12.7. The summed E-state index contributed by atoms with van der Waals surface area (Å²) in [5.74, 6) is -0.408. The van der Waals surface area contributed by atoms with Gasteiger partial charge in [0.25, 0.3) is 11.8 Å². The fourth-order valence-electron chi connectivity index (χ4n) is 2.93. The number of hydrogen-bond donors (Lipinski definition) is 1. The normalized spacial score (nSPS) is 14.7. The van der Waals surface area contributed by atoms with Crippen molar-refractivity contribution in [3.63, 3.8) is 0 Å². The highest BCUT2D eigenvalue weighted by atomic mass is 16.3. The van der Waals surface area contributed by atoms with Crippen molar-refractivity contribution < 1.29 is 19.2 Å². The van der Waals surface area contributed by atoms with Crippen molar-refractivity contribution >= 4 is 11.8 Å². The van der Waals surface area contributed by atoms with E-state index in [0.717, 1.165) is 13.1 Å². The van der Waals surface area contributed by atoms with Crippen LogP contribution in [0, 0.1) is 0 Å². The predicted molar refractivity (Wildman–Crippen MR) is 80.0 cm³/mol. The molecule has 0 bridgehead atoms. The molecule has 0 aliphatic carbocycles. The van der Waals surface area contributed by atoms with Crippen molar-refractivity contribution in [2.75, 3.05) is 39.3 Å². The molecule has 0 spiro atoms. The first-order chi connectivity index (χ1) is 10.1. The van der Waals surface area contributed by atoms with Gasteiger partial charge >= 0.3 is 0 Å². The first kappa shape index (κ1) is 15.7. The topological polar surface area (TPSA) is 57.6 Å². The van der Waals surface area contributed by atoms with E-state index < -0.39 is 0 Å². The van der Waals surface area contributed by atoms with Gasteiger partial charge in [0.05, 0.1) is 43.9 Å². The van der Waals surface area contributed by atoms with E-state index in [2.05, 4.69) is 13.8 Å². The zero-order chi connectivity index (χ0) is 15.5. The van der Waals surface area contributed by atoms with Crippen LogP contribution in [0.15, 0.2) is 24.3 Å². The highest BCUT2D eigenvalue weighted by Crippen LogP contribution is 2.22. The van der Waals surface area contributed by atoms with Gasteiger partial charge in [0.15, 0.2) is 0 Å². The maximum Gasteiger partial charge on any atom is 0.261 e. The summed E-state index contributed by atoms with van der Waals surface area (Å²) < 4.78 is 0.712. The summed E-state index contributed by atoms with van der Waals surface area (Å²) in [5.41, 5.74) is 0.992. The number of hydrogen-bond acceptors (Lipinski definition) is 3. The van der Waals surface area contributed by atoms with Crippen molar-refractivity contribution in [3.8, 4) is 0 Å². The van der Waals surface area contributed by atoms with Gasteiger partial charge in [-0.25, -0.2) is 0 Å². The number of rotatable bonds is 7. The second-order valence-electron chi connectivity index (χ2n) is 5.45. The SMILES string of the molecule is CC[N+](CC)(CCO)CCN1C(=O)c2ccccc2C1=O. The molecule has 1 N–H and O–H groups in total. The van der Waals surface area contributed by atoms with Crippen molar-refractivity contribution in [3.05, 3.63) is 35.4 Å². The lowest BCUT2D eigenvalue weighted by Gasteiger charge is -2.37. The van der Waals surface area contributed by atoms with Crippen LogP contribution < -0.4 is 0 Å². The summed E-state index contributed by atoms with van der Waals surface area (Å²) >= 11 is 0. The van der Waals surface area contributed by atoms with Gasteiger partial charge < -0.3 is 9.59 Å². The highest BCUT2D eigenvalue weighted by molar-refractivity contribution is 6.21. The molecule has 1 aliphatic heterocycles. The Kier molecular flexibility index (Phi) is 4.75. The molecule has 1 aliphatic rings. The largest absolute Gasteiger partial charge is 0.391 e. The Labute approximate surface area is 125 Å². The summed E-state index contributed by atoms with van der Waals surface area (Å²) in [6, 6.07) is 6.95. The molecule has 5 nitrogen and oxygen atoms in total. The van der Waals surface area contributed by atoms with E-state index in [-0.39, 0.29) is 18.4 Å². The fourth-order valence-corrected chi connectivity index (χ4v) is 2.93. The van der Waals surface area contributed by atoms with Gasteiger partial charge in [0, 0.05) is 0 Å². The summed E-state index contributed by atoms with van der Waals surface area (Å²) in [7, 11) is 0. The number of aliphatic hydroxyl groups is 1. The van der Waals surface area contributed by atoms with E-state index >= 15 is 0 Å². The Morgan fingerprint density at radius 1 is 1.00 bits per heavy atom. The van der Waals surface area contributed by atoms with Crippen LogP contribution in [-0.2, 0) is 0 Å². The van der Waals surface area contributed by atoms with Crippen LogP contribution in [0.4, 0.5) is 0 Å². The number of quaternary nitrogens is 1. The number of carbonyl (C=O) groups excluding carboxylic acids is 2. The molecule has 5 heteroatoms. The Bertz CT molecular complexity index is 503. The van der Waals surface area contributed by atoms with Crippen LogP contribution in [0.2, 0.25) is 0 Å². The van der Waals surface area contributed by atoms with Crippen LogP contribution in [0.5, 0.6) is 0 Å². The van der Waals surface area contributed by atoms with Gasteiger partial charge in [0.1, 0.15) is 6.54 Å². The molecule has 0 atom stereocenters. The molecular formula is C16H23N2O3+. The van der Waals surface area contributed by atoms with Gasteiger partial charge in [-0.1, -0.05) is 12.1 Å². The van der Waals surface area contributed by atoms with Gasteiger partial charge in [0.2, 0.25) is 0 Å². The molecule has 2 rings (SSSR count). The number of benzene rings is 1. The monoisotopic (exact) mass is 291 g/mol. The first-order valence-corrected chi connectivity index (χ1v) is 7.49. The lowest BCUT2D eigenvalue weighted by atomic mass is 10.1. The van der Waals surface area contributed by atoms with E-state index in [1.54, 1.807) is 24.3 Å². The standard InChI is InChI=1S/C16H23N2O3/c1-3-18(4-2,11-12-19)10-9-17-15(20)13-7-5-6-8-14(13)16(17)21/h5-8,19H,3-4,9-12H2,1-2H3/q+1. The summed E-state index contributed by atoms with van der Waals surface area (Å²) in [5, 5.41) is 9.24. The van der Waals surface area contributed by atoms with Crippen molar-refractivity contribution in [2.45, 2.75) is 13.8 Å². The third kappa shape index (κ3) is 2.84. The molecule has 0 aromatic heterocycles. The van der Waals surface area contributed by atoms with E-state index in [9.17, 15) is 14.7 Å². The smallest absolute Gasteiger partial charge is 0.261 e. The van der Waals surface area contributed by atoms with Gasteiger partial charge in [-0.2, -0.15) is 0 Å². The zero-order valence-electron chi connectivity index (χ0n) is 12.7. The summed E-state index contributed by atoms with van der Waals surface area (Å²) in [4.78, 5) is 25.9. The van der Waals surface area contributed by atoms with Crippen LogP contribution in [-0.4, -0.2) is 65.6 Å². The van der Waals surface area contributed by atoms with Gasteiger partial charge in [-0.05, 0) is 26.0 Å². The maximum absolute atomic E-state index is 12.3. The quantitative estimate of drug-likeness (QED) is 0.605. The molecule has 21 heavy (non-hydrogen) atoms. The number of nitrogens with zero attached hydrogens (tertiary/aromatic N) is 2. The summed E-state index contributed by atoms with van der Waals surface area (Å²) in [6.45, 7) is 7.73. The molecule has 114 valence electrons. The fraction of sp³-hybridized carbons (Fsp3) is 0.500. The molecule has 0 fully saturated rings. The van der Waals surface area contributed by atoms with Crippen molar-refractivity contribution in [2.24, 2.45) is 0 Å². The minimum absolute atomic E-state index is 0.115. The Morgan fingerprint density at radius 2 is 1.52 bits per heavy atom. The third-order valence-corrected chi connectivity index (χ3v) is 4.59. The number of carbonyl (C=O) groups is 2. The highest BCUT2D eigenvalue weighted by Gasteiger charge is 2.36. The molecule has 0 saturated carbocycles. The number of aliphatic hydroxyl groups excluding tert-OH is 1. The molecule has 0 saturated heterocycles. The van der Waals surface area contributed by atoms with E-state index in [1.165, 1.54) is 4.90 Å². The van der Waals surface area contributed by atoms with Gasteiger partial charge in [-0.15, -0.1) is 0 Å². The maximum atomic E-state index is 12.3. The lowest BCUT2D eigenvalue weighted by molar-refractivity contribution is -0.924. The number of amides is 2. The Hall–Kier alpha value is -1.72. The molecule has 2 amide bonds. The average molecular weight is 291 g/mol. The van der Waals surface area contributed by atoms with Crippen molar-refractivity contribution in [1.82, 2.24) is 4.90 Å². The number of imide groups is 1. The Morgan fingerprint density at radius 3 is 1.95 bits per heavy atom. The second-order valence-corrected chi connectivity index (χ2v) is 5.45. The van der Waals surface area contributed by atoms with Crippen LogP contribution in [0.3, 0.4) is 0 Å². The molecular weight excluding hydrogens is 268 g/mol. The summed E-state index contributed by atoms with van der Waals surface area (Å²) in [6.07, 6.45) is 0. The van der Waals surface area contributed by atoms with E-state index in [0.29, 0.717) is 35.2 Å². The van der Waals surface area contributed by atoms with Crippen LogP contribution >= 0.6 is 0 Å². The molecule has 1 aromatic rings. The Balaban J connectivity index is 2.11. The molecule has 1 heterocycles. The lowest BCUT2D eigenvalue weighted by Crippen LogP contribution is -2.53. The number of fused-ring (bicyclic) bond motifs is 1. The van der Waals surface area contributed by atoms with E-state index in [1.807, 2.05) is 0 Å². The molecule has 1 aromatic carbocycles. The third-order valence-electron chi connectivity index (χ3n) is 4.59. The minimum atomic E-state index is -0.204. The van der Waals surface area contributed by atoms with Gasteiger partial charge in [-0.3, -0.25) is 14.5 Å².